The molecule has 0 fully saturated rings. The molecule has 4 nitrogen and oxygen atoms in total. The molecule has 1 atom stereocenters. The Kier molecular flexibility index (Phi) is 6.06. The van der Waals surface area contributed by atoms with Gasteiger partial charge in [0.25, 0.3) is 0 Å². The molecule has 0 spiro atoms. The zero-order valence-corrected chi connectivity index (χ0v) is 17.0. The van der Waals surface area contributed by atoms with Crippen LogP contribution in [0.1, 0.15) is 34.9 Å². The SMILES string of the molecule is CC(NC(=O)CSC(c1ccccc1)c1ccccc1)c1ccc2c(c1)OCO2. The van der Waals surface area contributed by atoms with Crippen LogP contribution >= 0.6 is 11.8 Å². The smallest absolute Gasteiger partial charge is 0.231 e. The summed E-state index contributed by atoms with van der Waals surface area (Å²) in [7, 11) is 0. The molecule has 0 aromatic heterocycles. The molecule has 0 bridgehead atoms. The summed E-state index contributed by atoms with van der Waals surface area (Å²) in [5.74, 6) is 1.86. The van der Waals surface area contributed by atoms with Crippen LogP contribution in [0.25, 0.3) is 0 Å². The van der Waals surface area contributed by atoms with Gasteiger partial charge < -0.3 is 14.8 Å². The molecule has 5 heteroatoms. The fourth-order valence-electron chi connectivity index (χ4n) is 3.35. The number of carbonyl (C=O) groups is 1. The number of fused-ring (bicyclic) bond motifs is 1. The van der Waals surface area contributed by atoms with Gasteiger partial charge in [0.1, 0.15) is 0 Å². The van der Waals surface area contributed by atoms with E-state index in [1.54, 1.807) is 11.8 Å². The van der Waals surface area contributed by atoms with Crippen molar-refractivity contribution in [3.63, 3.8) is 0 Å². The number of carbonyl (C=O) groups excluding carboxylic acids is 1. The third-order valence-electron chi connectivity index (χ3n) is 4.86. The van der Waals surface area contributed by atoms with Gasteiger partial charge in [-0.3, -0.25) is 4.79 Å². The van der Waals surface area contributed by atoms with E-state index in [0.717, 1.165) is 17.1 Å². The topological polar surface area (TPSA) is 47.6 Å². The summed E-state index contributed by atoms with van der Waals surface area (Å²) in [5, 5.41) is 3.20. The molecule has 4 rings (SSSR count). The molecule has 0 saturated carbocycles. The fourth-order valence-corrected chi connectivity index (χ4v) is 4.45. The molecule has 1 heterocycles. The van der Waals surface area contributed by atoms with Crippen LogP contribution in [0.2, 0.25) is 0 Å². The second-order valence-electron chi connectivity index (χ2n) is 6.91. The van der Waals surface area contributed by atoms with Gasteiger partial charge in [0.15, 0.2) is 11.5 Å². The van der Waals surface area contributed by atoms with E-state index in [1.807, 2.05) is 61.5 Å². The zero-order valence-electron chi connectivity index (χ0n) is 16.2. The van der Waals surface area contributed by atoms with Crippen LogP contribution < -0.4 is 14.8 Å². The fraction of sp³-hybridized carbons (Fsp3) is 0.208. The Morgan fingerprint density at radius 1 is 0.897 bits per heavy atom. The minimum absolute atomic E-state index is 0.0111. The average molecular weight is 406 g/mol. The molecule has 1 amide bonds. The number of thioether (sulfide) groups is 1. The molecule has 1 aliphatic heterocycles. The van der Waals surface area contributed by atoms with Gasteiger partial charge in [-0.1, -0.05) is 66.7 Å². The second-order valence-corrected chi connectivity index (χ2v) is 8.01. The van der Waals surface area contributed by atoms with Gasteiger partial charge in [-0.15, -0.1) is 11.8 Å². The quantitative estimate of drug-likeness (QED) is 0.593. The van der Waals surface area contributed by atoms with Gasteiger partial charge in [-0.05, 0) is 35.7 Å². The predicted molar refractivity (Wildman–Crippen MR) is 116 cm³/mol. The summed E-state index contributed by atoms with van der Waals surface area (Å²) in [6, 6.07) is 26.3. The second kappa shape index (κ2) is 9.05. The molecular weight excluding hydrogens is 382 g/mol. The van der Waals surface area contributed by atoms with Crippen molar-refractivity contribution < 1.29 is 14.3 Å². The first-order chi connectivity index (χ1) is 14.2. The van der Waals surface area contributed by atoms with E-state index in [9.17, 15) is 4.79 Å². The monoisotopic (exact) mass is 405 g/mol. The Morgan fingerprint density at radius 2 is 1.52 bits per heavy atom. The van der Waals surface area contributed by atoms with Crippen molar-refractivity contribution in [1.29, 1.82) is 0 Å². The Labute approximate surface area is 175 Å². The normalized spacial score (nSPS) is 13.3. The largest absolute Gasteiger partial charge is 0.454 e. The summed E-state index contributed by atoms with van der Waals surface area (Å²) in [4.78, 5) is 12.6. The Hall–Kier alpha value is -2.92. The Bertz CT molecular complexity index is 923. The molecule has 0 aliphatic carbocycles. The van der Waals surface area contributed by atoms with E-state index in [-0.39, 0.29) is 24.0 Å². The molecule has 148 valence electrons. The Morgan fingerprint density at radius 3 is 2.17 bits per heavy atom. The molecule has 0 saturated heterocycles. The molecule has 3 aromatic carbocycles. The first-order valence-electron chi connectivity index (χ1n) is 9.61. The summed E-state index contributed by atoms with van der Waals surface area (Å²) in [6.45, 7) is 2.22. The number of hydrogen-bond acceptors (Lipinski definition) is 4. The number of benzene rings is 3. The highest BCUT2D eigenvalue weighted by Crippen LogP contribution is 2.36. The molecule has 3 aromatic rings. The number of rotatable bonds is 7. The van der Waals surface area contributed by atoms with Crippen LogP contribution in [-0.4, -0.2) is 18.5 Å². The molecule has 29 heavy (non-hydrogen) atoms. The number of ether oxygens (including phenoxy) is 2. The highest BCUT2D eigenvalue weighted by molar-refractivity contribution is 8.00. The summed E-state index contributed by atoms with van der Waals surface area (Å²) >= 11 is 1.64. The van der Waals surface area contributed by atoms with Crippen molar-refractivity contribution in [2.24, 2.45) is 0 Å². The number of amides is 1. The van der Waals surface area contributed by atoms with E-state index < -0.39 is 0 Å². The third kappa shape index (κ3) is 4.74. The lowest BCUT2D eigenvalue weighted by atomic mass is 10.0. The van der Waals surface area contributed by atoms with Gasteiger partial charge in [0.2, 0.25) is 12.7 Å². The lowest BCUT2D eigenvalue weighted by molar-refractivity contribution is -0.119. The Balaban J connectivity index is 1.40. The minimum Gasteiger partial charge on any atom is -0.454 e. The van der Waals surface area contributed by atoms with Gasteiger partial charge >= 0.3 is 0 Å². The molecular formula is C24H23NO3S. The van der Waals surface area contributed by atoms with Crippen molar-refractivity contribution in [1.82, 2.24) is 5.32 Å². The molecule has 1 aliphatic rings. The van der Waals surface area contributed by atoms with E-state index in [0.29, 0.717) is 5.75 Å². The maximum atomic E-state index is 12.6. The van der Waals surface area contributed by atoms with Crippen molar-refractivity contribution in [3.05, 3.63) is 95.6 Å². The van der Waals surface area contributed by atoms with Gasteiger partial charge in [0, 0.05) is 0 Å². The highest BCUT2D eigenvalue weighted by atomic mass is 32.2. The van der Waals surface area contributed by atoms with Crippen LogP contribution in [0.4, 0.5) is 0 Å². The van der Waals surface area contributed by atoms with Crippen LogP contribution in [0, 0.1) is 0 Å². The zero-order chi connectivity index (χ0) is 20.1. The molecule has 0 radical (unpaired) electrons. The van der Waals surface area contributed by atoms with Crippen molar-refractivity contribution in [2.45, 2.75) is 18.2 Å². The average Bonchev–Trinajstić information content (AvgIpc) is 3.23. The van der Waals surface area contributed by atoms with Crippen molar-refractivity contribution in [3.8, 4) is 11.5 Å². The van der Waals surface area contributed by atoms with Gasteiger partial charge in [-0.2, -0.15) is 0 Å². The third-order valence-corrected chi connectivity index (χ3v) is 6.17. The van der Waals surface area contributed by atoms with E-state index >= 15 is 0 Å². The summed E-state index contributed by atoms with van der Waals surface area (Å²) in [5.41, 5.74) is 3.39. The maximum absolute atomic E-state index is 12.6. The van der Waals surface area contributed by atoms with E-state index in [4.69, 9.17) is 9.47 Å². The highest BCUT2D eigenvalue weighted by Gasteiger charge is 2.19. The lowest BCUT2D eigenvalue weighted by Gasteiger charge is -2.19. The van der Waals surface area contributed by atoms with Crippen molar-refractivity contribution in [2.75, 3.05) is 12.5 Å². The predicted octanol–water partition coefficient (Wildman–Crippen LogP) is 5.12. The maximum Gasteiger partial charge on any atom is 0.231 e. The van der Waals surface area contributed by atoms with E-state index in [1.165, 1.54) is 11.1 Å². The van der Waals surface area contributed by atoms with E-state index in [2.05, 4.69) is 29.6 Å². The first-order valence-corrected chi connectivity index (χ1v) is 10.7. The lowest BCUT2D eigenvalue weighted by Crippen LogP contribution is -2.28. The first kappa shape index (κ1) is 19.4. The number of nitrogens with one attached hydrogen (secondary N) is 1. The van der Waals surface area contributed by atoms with Crippen LogP contribution in [0.5, 0.6) is 11.5 Å². The molecule has 1 N–H and O–H groups in total. The summed E-state index contributed by atoms with van der Waals surface area (Å²) < 4.78 is 10.8. The van der Waals surface area contributed by atoms with Gasteiger partial charge in [-0.25, -0.2) is 0 Å². The summed E-state index contributed by atoms with van der Waals surface area (Å²) in [6.07, 6.45) is 0. The minimum atomic E-state index is -0.107. The van der Waals surface area contributed by atoms with Crippen molar-refractivity contribution >= 4 is 17.7 Å². The van der Waals surface area contributed by atoms with Crippen LogP contribution in [-0.2, 0) is 4.79 Å². The standard InChI is InChI=1S/C24H23NO3S/c1-17(20-12-13-21-22(14-20)28-16-27-21)25-23(26)15-29-24(18-8-4-2-5-9-18)19-10-6-3-7-11-19/h2-14,17,24H,15-16H2,1H3,(H,25,26). The van der Waals surface area contributed by atoms with Crippen LogP contribution in [0.3, 0.4) is 0 Å². The number of hydrogen-bond donors (Lipinski definition) is 1. The van der Waals surface area contributed by atoms with Gasteiger partial charge in [0.05, 0.1) is 17.0 Å². The molecule has 1 unspecified atom stereocenters. The van der Waals surface area contributed by atoms with Crippen LogP contribution in [0.15, 0.2) is 78.9 Å².